The summed E-state index contributed by atoms with van der Waals surface area (Å²) in [6.45, 7) is 2.56. The zero-order valence-corrected chi connectivity index (χ0v) is 18.1. The van der Waals surface area contributed by atoms with Crippen molar-refractivity contribution in [2.24, 2.45) is 0 Å². The third kappa shape index (κ3) is 3.83. The average molecular weight is 449 g/mol. The zero-order chi connectivity index (χ0) is 21.4. The monoisotopic (exact) mass is 448 g/mol. The molecule has 0 aliphatic carbocycles. The predicted octanol–water partition coefficient (Wildman–Crippen LogP) is 4.94. The second-order valence-electron chi connectivity index (χ2n) is 6.98. The van der Waals surface area contributed by atoms with E-state index in [-0.39, 0.29) is 5.91 Å². The molecule has 7 nitrogen and oxygen atoms in total. The molecule has 1 amide bonds. The van der Waals surface area contributed by atoms with Crippen molar-refractivity contribution in [1.82, 2.24) is 24.5 Å². The van der Waals surface area contributed by atoms with E-state index in [1.54, 1.807) is 29.3 Å². The Kier molecular flexibility index (Phi) is 5.01. The molecule has 1 N–H and O–H groups in total. The first-order valence-electron chi connectivity index (χ1n) is 9.56. The number of rotatable bonds is 5. The standard InChI is InChI=1S/C22H17ClN6OS/c1-14-17-12-19(31-22(17)29(27-14)13-15-5-7-16(23)8-6-15)21(30)26-18-4-2-9-24-20(18)28-11-3-10-25-28/h2-12H,13H2,1H3,(H,26,30). The lowest BCUT2D eigenvalue weighted by molar-refractivity contribution is 0.103. The fourth-order valence-corrected chi connectivity index (χ4v) is 4.53. The second-order valence-corrected chi connectivity index (χ2v) is 8.45. The first kappa shape index (κ1) is 19.5. The van der Waals surface area contributed by atoms with Crippen LogP contribution in [0.5, 0.6) is 0 Å². The number of nitrogens with zero attached hydrogens (tertiary/aromatic N) is 5. The SMILES string of the molecule is Cc1nn(Cc2ccc(Cl)cc2)c2sc(C(=O)Nc3cccnc3-n3cccn3)cc12. The summed E-state index contributed by atoms with van der Waals surface area (Å²) in [4.78, 5) is 18.9. The van der Waals surface area contributed by atoms with Crippen molar-refractivity contribution in [2.45, 2.75) is 13.5 Å². The molecule has 0 atom stereocenters. The fraction of sp³-hybridized carbons (Fsp3) is 0.0909. The molecule has 31 heavy (non-hydrogen) atoms. The minimum atomic E-state index is -0.194. The summed E-state index contributed by atoms with van der Waals surface area (Å²) in [5, 5.41) is 13.5. The Bertz CT molecular complexity index is 1370. The molecule has 0 spiro atoms. The number of halogens is 1. The molecule has 0 saturated carbocycles. The van der Waals surface area contributed by atoms with E-state index < -0.39 is 0 Å². The van der Waals surface area contributed by atoms with Gasteiger partial charge in [-0.25, -0.2) is 9.67 Å². The third-order valence-electron chi connectivity index (χ3n) is 4.83. The molecule has 154 valence electrons. The van der Waals surface area contributed by atoms with Crippen LogP contribution in [-0.2, 0) is 6.54 Å². The van der Waals surface area contributed by atoms with Crippen LogP contribution in [-0.4, -0.2) is 30.5 Å². The van der Waals surface area contributed by atoms with Gasteiger partial charge in [0.15, 0.2) is 5.82 Å². The molecule has 5 aromatic rings. The maximum absolute atomic E-state index is 13.0. The first-order valence-corrected chi connectivity index (χ1v) is 10.8. The zero-order valence-electron chi connectivity index (χ0n) is 16.5. The van der Waals surface area contributed by atoms with Gasteiger partial charge in [0.25, 0.3) is 5.91 Å². The minimum absolute atomic E-state index is 0.194. The van der Waals surface area contributed by atoms with E-state index in [9.17, 15) is 4.79 Å². The highest BCUT2D eigenvalue weighted by Crippen LogP contribution is 2.30. The van der Waals surface area contributed by atoms with Crippen LogP contribution in [0.25, 0.3) is 16.0 Å². The Morgan fingerprint density at radius 3 is 2.77 bits per heavy atom. The van der Waals surface area contributed by atoms with Gasteiger partial charge in [-0.3, -0.25) is 9.48 Å². The highest BCUT2D eigenvalue weighted by atomic mass is 35.5. The summed E-state index contributed by atoms with van der Waals surface area (Å²) >= 11 is 7.40. The van der Waals surface area contributed by atoms with Gasteiger partial charge in [-0.15, -0.1) is 11.3 Å². The number of carbonyl (C=O) groups is 1. The second kappa shape index (κ2) is 7.98. The lowest BCUT2D eigenvalue weighted by Crippen LogP contribution is -2.13. The summed E-state index contributed by atoms with van der Waals surface area (Å²) in [6, 6.07) is 15.0. The van der Waals surface area contributed by atoms with E-state index in [1.807, 2.05) is 54.1 Å². The minimum Gasteiger partial charge on any atom is -0.318 e. The van der Waals surface area contributed by atoms with E-state index in [1.165, 1.54) is 11.3 Å². The number of fused-ring (bicyclic) bond motifs is 1. The molecule has 0 saturated heterocycles. The largest absolute Gasteiger partial charge is 0.318 e. The molecule has 0 aliphatic rings. The Morgan fingerprint density at radius 1 is 1.16 bits per heavy atom. The Hall–Kier alpha value is -3.49. The van der Waals surface area contributed by atoms with Crippen molar-refractivity contribution in [1.29, 1.82) is 0 Å². The maximum Gasteiger partial charge on any atom is 0.265 e. The van der Waals surface area contributed by atoms with Crippen molar-refractivity contribution < 1.29 is 4.79 Å². The molecule has 0 bridgehead atoms. The van der Waals surface area contributed by atoms with Crippen LogP contribution in [0.4, 0.5) is 5.69 Å². The number of hydrogen-bond acceptors (Lipinski definition) is 5. The highest BCUT2D eigenvalue weighted by molar-refractivity contribution is 7.20. The molecule has 0 aliphatic heterocycles. The van der Waals surface area contributed by atoms with Gasteiger partial charge >= 0.3 is 0 Å². The number of carbonyl (C=O) groups excluding carboxylic acids is 1. The molecule has 0 unspecified atom stereocenters. The first-order chi connectivity index (χ1) is 15.1. The van der Waals surface area contributed by atoms with Crippen LogP contribution in [0.2, 0.25) is 5.02 Å². The van der Waals surface area contributed by atoms with Crippen LogP contribution in [0, 0.1) is 6.92 Å². The van der Waals surface area contributed by atoms with Crippen LogP contribution < -0.4 is 5.32 Å². The quantitative estimate of drug-likeness (QED) is 0.413. The number of amides is 1. The third-order valence-corrected chi connectivity index (χ3v) is 6.23. The van der Waals surface area contributed by atoms with Crippen LogP contribution in [0.3, 0.4) is 0 Å². The van der Waals surface area contributed by atoms with Gasteiger partial charge in [-0.05, 0) is 48.9 Å². The molecule has 5 rings (SSSR count). The summed E-state index contributed by atoms with van der Waals surface area (Å²) < 4.78 is 3.54. The van der Waals surface area contributed by atoms with Crippen LogP contribution in [0.1, 0.15) is 20.9 Å². The number of benzene rings is 1. The van der Waals surface area contributed by atoms with Crippen molar-refractivity contribution in [3.63, 3.8) is 0 Å². The molecular formula is C22H17ClN6OS. The fourth-order valence-electron chi connectivity index (χ4n) is 3.35. The number of nitrogens with one attached hydrogen (secondary N) is 1. The number of aryl methyl sites for hydroxylation is 1. The molecule has 4 aromatic heterocycles. The maximum atomic E-state index is 13.0. The van der Waals surface area contributed by atoms with Gasteiger partial charge < -0.3 is 5.32 Å². The van der Waals surface area contributed by atoms with Crippen molar-refractivity contribution in [3.8, 4) is 5.82 Å². The number of pyridine rings is 1. The van der Waals surface area contributed by atoms with Gasteiger partial charge in [0.05, 0.1) is 22.8 Å². The van der Waals surface area contributed by atoms with E-state index in [0.717, 1.165) is 21.5 Å². The average Bonchev–Trinajstić information content (AvgIpc) is 3.50. The Labute approximate surface area is 186 Å². The predicted molar refractivity (Wildman–Crippen MR) is 122 cm³/mol. The molecule has 0 radical (unpaired) electrons. The van der Waals surface area contributed by atoms with Gasteiger partial charge in [0.1, 0.15) is 4.83 Å². The molecule has 9 heteroatoms. The molecule has 0 fully saturated rings. The number of thiophene rings is 1. The normalized spacial score (nSPS) is 11.2. The number of hydrogen-bond donors (Lipinski definition) is 1. The van der Waals surface area contributed by atoms with Crippen molar-refractivity contribution >= 4 is 44.7 Å². The van der Waals surface area contributed by atoms with Gasteiger partial charge in [0.2, 0.25) is 0 Å². The van der Waals surface area contributed by atoms with Gasteiger partial charge in [-0.2, -0.15) is 10.2 Å². The van der Waals surface area contributed by atoms with Gasteiger partial charge in [-0.1, -0.05) is 23.7 Å². The highest BCUT2D eigenvalue weighted by Gasteiger charge is 2.18. The molecular weight excluding hydrogens is 432 g/mol. The smallest absolute Gasteiger partial charge is 0.265 e. The van der Waals surface area contributed by atoms with Crippen LogP contribution >= 0.6 is 22.9 Å². The lowest BCUT2D eigenvalue weighted by atomic mass is 10.2. The summed E-state index contributed by atoms with van der Waals surface area (Å²) in [5.74, 6) is 0.368. The summed E-state index contributed by atoms with van der Waals surface area (Å²) in [6.07, 6.45) is 5.12. The Morgan fingerprint density at radius 2 is 2.00 bits per heavy atom. The number of anilines is 1. The Balaban J connectivity index is 1.44. The summed E-state index contributed by atoms with van der Waals surface area (Å²) in [5.41, 5.74) is 2.57. The van der Waals surface area contributed by atoms with Crippen molar-refractivity contribution in [3.05, 3.63) is 88.3 Å². The molecule has 4 heterocycles. The number of aromatic nitrogens is 5. The lowest BCUT2D eigenvalue weighted by Gasteiger charge is -2.09. The summed E-state index contributed by atoms with van der Waals surface area (Å²) in [7, 11) is 0. The van der Waals surface area contributed by atoms with Crippen LogP contribution in [0.15, 0.2) is 67.1 Å². The topological polar surface area (TPSA) is 77.6 Å². The van der Waals surface area contributed by atoms with E-state index in [0.29, 0.717) is 27.9 Å². The van der Waals surface area contributed by atoms with Crippen molar-refractivity contribution in [2.75, 3.05) is 5.32 Å². The molecule has 1 aromatic carbocycles. The van der Waals surface area contributed by atoms with E-state index >= 15 is 0 Å². The van der Waals surface area contributed by atoms with E-state index in [4.69, 9.17) is 11.6 Å². The van der Waals surface area contributed by atoms with Gasteiger partial charge in [0, 0.05) is 29.0 Å². The van der Waals surface area contributed by atoms with E-state index in [2.05, 4.69) is 20.5 Å².